The van der Waals surface area contributed by atoms with Gasteiger partial charge >= 0.3 is 0 Å². The molecule has 0 atom stereocenters. The van der Waals surface area contributed by atoms with Crippen LogP contribution in [0.1, 0.15) is 43.7 Å². The van der Waals surface area contributed by atoms with Crippen molar-refractivity contribution in [3.05, 3.63) is 35.1 Å². The molecule has 1 saturated carbocycles. The molecule has 0 unspecified atom stereocenters. The van der Waals surface area contributed by atoms with Crippen molar-refractivity contribution in [1.82, 2.24) is 0 Å². The Morgan fingerprint density at radius 2 is 2.05 bits per heavy atom. The largest absolute Gasteiger partial charge is 0.374 e. The van der Waals surface area contributed by atoms with Gasteiger partial charge in [0.15, 0.2) is 0 Å². The zero-order chi connectivity index (χ0) is 14.4. The summed E-state index contributed by atoms with van der Waals surface area (Å²) in [6.45, 7) is 3.05. The van der Waals surface area contributed by atoms with E-state index >= 15 is 0 Å². The Kier molecular flexibility index (Phi) is 5.58. The van der Waals surface area contributed by atoms with Crippen LogP contribution >= 0.6 is 0 Å². The van der Waals surface area contributed by atoms with E-state index in [0.29, 0.717) is 18.3 Å². The number of nitrogens with two attached hydrogens (primary N) is 1. The van der Waals surface area contributed by atoms with Crippen LogP contribution in [0.2, 0.25) is 0 Å². The number of rotatable bonds is 3. The zero-order valence-corrected chi connectivity index (χ0v) is 12.0. The normalized spacial score (nSPS) is 22.1. The lowest BCUT2D eigenvalue weighted by atomic mass is 9.89. The van der Waals surface area contributed by atoms with Gasteiger partial charge in [0.2, 0.25) is 0 Å². The smallest absolute Gasteiger partial charge is 0.138 e. The molecule has 2 nitrogen and oxygen atoms in total. The maximum atomic E-state index is 13.5. The van der Waals surface area contributed by atoms with E-state index in [1.54, 1.807) is 12.1 Å². The van der Waals surface area contributed by atoms with E-state index in [2.05, 4.69) is 18.8 Å². The van der Waals surface area contributed by atoms with Crippen LogP contribution in [0.3, 0.4) is 0 Å². The highest BCUT2D eigenvalue weighted by Gasteiger charge is 2.18. The van der Waals surface area contributed by atoms with Gasteiger partial charge in [-0.2, -0.15) is 0 Å². The van der Waals surface area contributed by atoms with Gasteiger partial charge in [0.05, 0.1) is 24.8 Å². The molecule has 0 bridgehead atoms. The molecule has 0 heterocycles. The van der Waals surface area contributed by atoms with Gasteiger partial charge < -0.3 is 10.5 Å². The molecule has 3 heteroatoms. The second-order valence-electron chi connectivity index (χ2n) is 5.51. The van der Waals surface area contributed by atoms with Gasteiger partial charge in [0.1, 0.15) is 5.82 Å². The fourth-order valence-electron chi connectivity index (χ4n) is 2.51. The lowest BCUT2D eigenvalue weighted by Crippen LogP contribution is -2.20. The third kappa shape index (κ3) is 4.33. The minimum atomic E-state index is -0.304. The molecule has 0 amide bonds. The monoisotopic (exact) mass is 275 g/mol. The number of hydrogen-bond donors (Lipinski definition) is 1. The standard InChI is InChI=1S/C17H22FNO/c1-13-4-7-16(8-5-13)20-12-14-6-9-17(18)15(11-14)3-2-10-19/h6,9,11,13,16H,4-5,7-8,10,12,19H2,1H3. The summed E-state index contributed by atoms with van der Waals surface area (Å²) in [4.78, 5) is 0. The Morgan fingerprint density at radius 1 is 1.30 bits per heavy atom. The lowest BCUT2D eigenvalue weighted by Gasteiger charge is -2.26. The predicted molar refractivity (Wildman–Crippen MR) is 78.5 cm³/mol. The Hall–Kier alpha value is -1.37. The van der Waals surface area contributed by atoms with Crippen molar-refractivity contribution in [2.24, 2.45) is 11.7 Å². The van der Waals surface area contributed by atoms with Crippen molar-refractivity contribution >= 4 is 0 Å². The van der Waals surface area contributed by atoms with Crippen molar-refractivity contribution in [3.8, 4) is 11.8 Å². The zero-order valence-electron chi connectivity index (χ0n) is 12.0. The van der Waals surface area contributed by atoms with Crippen LogP contribution < -0.4 is 5.73 Å². The van der Waals surface area contributed by atoms with Crippen LogP contribution in [-0.2, 0) is 11.3 Å². The van der Waals surface area contributed by atoms with E-state index in [1.165, 1.54) is 18.9 Å². The molecule has 1 fully saturated rings. The van der Waals surface area contributed by atoms with Crippen molar-refractivity contribution in [1.29, 1.82) is 0 Å². The summed E-state index contributed by atoms with van der Waals surface area (Å²) in [7, 11) is 0. The molecule has 0 aromatic heterocycles. The summed E-state index contributed by atoms with van der Waals surface area (Å²) >= 11 is 0. The number of halogens is 1. The van der Waals surface area contributed by atoms with Gasteiger partial charge in [-0.25, -0.2) is 4.39 Å². The minimum Gasteiger partial charge on any atom is -0.374 e. The Bertz CT molecular complexity index is 495. The first-order valence-electron chi connectivity index (χ1n) is 7.28. The topological polar surface area (TPSA) is 35.2 Å². The highest BCUT2D eigenvalue weighted by Crippen LogP contribution is 2.26. The molecule has 1 aliphatic rings. The first kappa shape index (κ1) is 15.0. The van der Waals surface area contributed by atoms with Gasteiger partial charge in [0.25, 0.3) is 0 Å². The van der Waals surface area contributed by atoms with Crippen LogP contribution in [0.25, 0.3) is 0 Å². The van der Waals surface area contributed by atoms with E-state index in [-0.39, 0.29) is 12.4 Å². The molecule has 1 aromatic rings. The van der Waals surface area contributed by atoms with E-state index in [4.69, 9.17) is 10.5 Å². The van der Waals surface area contributed by atoms with E-state index in [0.717, 1.165) is 24.3 Å². The molecule has 108 valence electrons. The van der Waals surface area contributed by atoms with Crippen molar-refractivity contribution in [2.45, 2.75) is 45.3 Å². The molecule has 2 N–H and O–H groups in total. The molecule has 0 radical (unpaired) electrons. The summed E-state index contributed by atoms with van der Waals surface area (Å²) in [6, 6.07) is 4.96. The molecular formula is C17H22FNO. The summed E-state index contributed by atoms with van der Waals surface area (Å²) in [5.41, 5.74) is 6.67. The Balaban J connectivity index is 1.92. The maximum absolute atomic E-state index is 13.5. The lowest BCUT2D eigenvalue weighted by molar-refractivity contribution is 0.00874. The second kappa shape index (κ2) is 7.42. The molecule has 1 aromatic carbocycles. The van der Waals surface area contributed by atoms with Crippen molar-refractivity contribution < 1.29 is 9.13 Å². The number of benzene rings is 1. The maximum Gasteiger partial charge on any atom is 0.138 e. The van der Waals surface area contributed by atoms with Crippen LogP contribution in [0, 0.1) is 23.6 Å². The molecule has 1 aliphatic carbocycles. The summed E-state index contributed by atoms with van der Waals surface area (Å²) in [5.74, 6) is 5.94. The van der Waals surface area contributed by atoms with Gasteiger partial charge in [0, 0.05) is 0 Å². The second-order valence-corrected chi connectivity index (χ2v) is 5.51. The molecule has 2 rings (SSSR count). The fraction of sp³-hybridized carbons (Fsp3) is 0.529. The third-order valence-corrected chi connectivity index (χ3v) is 3.80. The van der Waals surface area contributed by atoms with Crippen LogP contribution in [0.4, 0.5) is 4.39 Å². The summed E-state index contributed by atoms with van der Waals surface area (Å²) < 4.78 is 19.5. The van der Waals surface area contributed by atoms with Crippen LogP contribution in [-0.4, -0.2) is 12.6 Å². The Morgan fingerprint density at radius 3 is 2.75 bits per heavy atom. The molecular weight excluding hydrogens is 253 g/mol. The molecule has 20 heavy (non-hydrogen) atoms. The van der Waals surface area contributed by atoms with E-state index < -0.39 is 0 Å². The highest BCUT2D eigenvalue weighted by molar-refractivity contribution is 5.38. The number of hydrogen-bond acceptors (Lipinski definition) is 2. The molecule has 0 spiro atoms. The van der Waals surface area contributed by atoms with Crippen LogP contribution in [0.15, 0.2) is 18.2 Å². The van der Waals surface area contributed by atoms with Gasteiger partial charge in [-0.3, -0.25) is 0 Å². The average molecular weight is 275 g/mol. The quantitative estimate of drug-likeness (QED) is 0.860. The predicted octanol–water partition coefficient (Wildman–Crippen LogP) is 3.23. The first-order valence-corrected chi connectivity index (χ1v) is 7.28. The number of ether oxygens (including phenoxy) is 1. The van der Waals surface area contributed by atoms with Crippen molar-refractivity contribution in [2.75, 3.05) is 6.54 Å². The molecule has 0 aliphatic heterocycles. The fourth-order valence-corrected chi connectivity index (χ4v) is 2.51. The van der Waals surface area contributed by atoms with E-state index in [1.807, 2.05) is 0 Å². The third-order valence-electron chi connectivity index (χ3n) is 3.80. The average Bonchev–Trinajstić information content (AvgIpc) is 2.46. The minimum absolute atomic E-state index is 0.237. The van der Waals surface area contributed by atoms with Gasteiger partial charge in [-0.15, -0.1) is 0 Å². The highest BCUT2D eigenvalue weighted by atomic mass is 19.1. The summed E-state index contributed by atoms with van der Waals surface area (Å²) in [5, 5.41) is 0. The first-order chi connectivity index (χ1) is 9.69. The Labute approximate surface area is 120 Å². The van der Waals surface area contributed by atoms with Gasteiger partial charge in [-0.05, 0) is 49.3 Å². The van der Waals surface area contributed by atoms with Crippen molar-refractivity contribution in [3.63, 3.8) is 0 Å². The molecule has 0 saturated heterocycles. The van der Waals surface area contributed by atoms with Crippen LogP contribution in [0.5, 0.6) is 0 Å². The van der Waals surface area contributed by atoms with Gasteiger partial charge in [-0.1, -0.05) is 24.8 Å². The van der Waals surface area contributed by atoms with E-state index in [9.17, 15) is 4.39 Å². The SMILES string of the molecule is CC1CCC(OCc2ccc(F)c(C#CCN)c2)CC1. The summed E-state index contributed by atoms with van der Waals surface area (Å²) in [6.07, 6.45) is 5.07.